The number of rotatable bonds is 6. The van der Waals surface area contributed by atoms with Crippen molar-refractivity contribution in [3.05, 3.63) is 34.9 Å². The summed E-state index contributed by atoms with van der Waals surface area (Å²) >= 11 is 5.74. The average Bonchev–Trinajstić information content (AvgIpc) is 2.41. The lowest BCUT2D eigenvalue weighted by molar-refractivity contribution is -0.144. The molecule has 4 N–H and O–H groups in total. The second-order valence-corrected chi connectivity index (χ2v) is 4.75. The van der Waals surface area contributed by atoms with Gasteiger partial charge in [0.1, 0.15) is 0 Å². The number of carboxylic acids is 1. The summed E-state index contributed by atoms with van der Waals surface area (Å²) in [5.41, 5.74) is 0.278. The van der Waals surface area contributed by atoms with Gasteiger partial charge in [0.15, 0.2) is 6.04 Å². The molecule has 0 bridgehead atoms. The predicted molar refractivity (Wildman–Crippen MR) is 75.0 cm³/mol. The first-order valence-electron chi connectivity index (χ1n) is 6.05. The predicted octanol–water partition coefficient (Wildman–Crippen LogP) is 0.0200. The number of aliphatic hydroxyl groups excluding tert-OH is 1. The highest BCUT2D eigenvalue weighted by Gasteiger charge is 2.24. The summed E-state index contributed by atoms with van der Waals surface area (Å²) in [6.45, 7) is 0.825. The van der Waals surface area contributed by atoms with Gasteiger partial charge in [0, 0.05) is 10.6 Å². The zero-order valence-electron chi connectivity index (χ0n) is 11.2. The van der Waals surface area contributed by atoms with Crippen molar-refractivity contribution in [2.75, 3.05) is 6.54 Å². The molecule has 0 radical (unpaired) electrons. The number of carboxylic acid groups (broad SMARTS) is 1. The van der Waals surface area contributed by atoms with Gasteiger partial charge in [-0.2, -0.15) is 0 Å². The number of benzene rings is 1. The van der Waals surface area contributed by atoms with Crippen LogP contribution in [0.15, 0.2) is 24.3 Å². The number of amides is 2. The molecule has 0 fully saturated rings. The lowest BCUT2D eigenvalue weighted by Crippen LogP contribution is -2.50. The van der Waals surface area contributed by atoms with E-state index < -0.39 is 36.5 Å². The molecule has 0 heterocycles. The van der Waals surface area contributed by atoms with Gasteiger partial charge in [-0.1, -0.05) is 17.7 Å². The van der Waals surface area contributed by atoms with Crippen molar-refractivity contribution >= 4 is 29.4 Å². The topological polar surface area (TPSA) is 116 Å². The smallest absolute Gasteiger partial charge is 0.328 e. The molecule has 7 nitrogen and oxygen atoms in total. The van der Waals surface area contributed by atoms with Crippen LogP contribution >= 0.6 is 11.6 Å². The largest absolute Gasteiger partial charge is 0.480 e. The highest BCUT2D eigenvalue weighted by Crippen LogP contribution is 2.10. The van der Waals surface area contributed by atoms with Crippen LogP contribution in [0.25, 0.3) is 0 Å². The van der Waals surface area contributed by atoms with E-state index in [1.807, 2.05) is 0 Å². The molecule has 1 rings (SSSR count). The number of halogens is 1. The molecule has 0 spiro atoms. The van der Waals surface area contributed by atoms with Gasteiger partial charge in [-0.25, -0.2) is 4.79 Å². The van der Waals surface area contributed by atoms with Crippen molar-refractivity contribution in [3.63, 3.8) is 0 Å². The molecular formula is C13H15ClN2O5. The third-order valence-corrected chi connectivity index (χ3v) is 2.80. The fourth-order valence-corrected chi connectivity index (χ4v) is 1.70. The normalized spacial score (nSPS) is 13.1. The number of hydrogen-bond donors (Lipinski definition) is 4. The lowest BCUT2D eigenvalue weighted by atomic mass is 10.2. The number of carbonyl (C=O) groups is 3. The van der Waals surface area contributed by atoms with Crippen molar-refractivity contribution in [1.29, 1.82) is 0 Å². The molecular weight excluding hydrogens is 300 g/mol. The standard InChI is InChI=1S/C13H15ClN2O5/c1-7(17)11(13(20)21)16-10(18)6-15-12(19)8-3-2-4-9(14)5-8/h2-5,7,11,17H,6H2,1H3,(H,15,19)(H,16,18)(H,20,21). The minimum atomic E-state index is -1.43. The van der Waals surface area contributed by atoms with Crippen LogP contribution in [0.2, 0.25) is 5.02 Å². The third-order valence-electron chi connectivity index (χ3n) is 2.56. The van der Waals surface area contributed by atoms with Crippen molar-refractivity contribution in [3.8, 4) is 0 Å². The number of hydrogen-bond acceptors (Lipinski definition) is 4. The van der Waals surface area contributed by atoms with Crippen molar-refractivity contribution < 1.29 is 24.6 Å². The molecule has 0 aliphatic heterocycles. The summed E-state index contributed by atoms with van der Waals surface area (Å²) in [7, 11) is 0. The van der Waals surface area contributed by atoms with Crippen molar-refractivity contribution in [2.45, 2.75) is 19.1 Å². The molecule has 1 aromatic carbocycles. The molecule has 0 aliphatic rings. The van der Waals surface area contributed by atoms with Crippen LogP contribution in [0.5, 0.6) is 0 Å². The van der Waals surface area contributed by atoms with Gasteiger partial charge in [-0.3, -0.25) is 9.59 Å². The monoisotopic (exact) mass is 314 g/mol. The Morgan fingerprint density at radius 2 is 2.00 bits per heavy atom. The highest BCUT2D eigenvalue weighted by atomic mass is 35.5. The summed E-state index contributed by atoms with van der Waals surface area (Å²) < 4.78 is 0. The average molecular weight is 315 g/mol. The van der Waals surface area contributed by atoms with Crippen molar-refractivity contribution in [2.24, 2.45) is 0 Å². The Balaban J connectivity index is 2.53. The Labute approximate surface area is 125 Å². The maximum atomic E-state index is 11.7. The molecule has 2 atom stereocenters. The molecule has 8 heteroatoms. The Kier molecular flexibility index (Phi) is 6.13. The summed E-state index contributed by atoms with van der Waals surface area (Å²) in [6.07, 6.45) is -1.25. The fraction of sp³-hybridized carbons (Fsp3) is 0.308. The summed E-state index contributed by atoms with van der Waals surface area (Å²) in [4.78, 5) is 34.1. The Morgan fingerprint density at radius 1 is 1.33 bits per heavy atom. The van der Waals surface area contributed by atoms with Crippen LogP contribution in [0, 0.1) is 0 Å². The minimum absolute atomic E-state index is 0.278. The number of aliphatic hydroxyl groups is 1. The van der Waals surface area contributed by atoms with Crippen LogP contribution in [0.4, 0.5) is 0 Å². The maximum absolute atomic E-state index is 11.7. The highest BCUT2D eigenvalue weighted by molar-refractivity contribution is 6.30. The zero-order chi connectivity index (χ0) is 16.0. The molecule has 0 aromatic heterocycles. The molecule has 0 saturated heterocycles. The van der Waals surface area contributed by atoms with E-state index >= 15 is 0 Å². The van der Waals surface area contributed by atoms with Gasteiger partial charge in [-0.05, 0) is 25.1 Å². The van der Waals surface area contributed by atoms with Crippen molar-refractivity contribution in [1.82, 2.24) is 10.6 Å². The molecule has 0 saturated carbocycles. The molecule has 2 amide bonds. The first-order chi connectivity index (χ1) is 9.81. The van der Waals surface area contributed by atoms with E-state index in [9.17, 15) is 19.5 Å². The maximum Gasteiger partial charge on any atom is 0.328 e. The Hall–Kier alpha value is -2.12. The van der Waals surface area contributed by atoms with Gasteiger partial charge in [0.05, 0.1) is 12.6 Å². The van der Waals surface area contributed by atoms with Crippen LogP contribution < -0.4 is 10.6 Å². The molecule has 21 heavy (non-hydrogen) atoms. The second kappa shape index (κ2) is 7.61. The fourth-order valence-electron chi connectivity index (χ4n) is 1.51. The van der Waals surface area contributed by atoms with E-state index in [2.05, 4.69) is 10.6 Å². The van der Waals surface area contributed by atoms with Gasteiger partial charge >= 0.3 is 5.97 Å². The molecule has 2 unspecified atom stereocenters. The number of carbonyl (C=O) groups excluding carboxylic acids is 2. The van der Waals surface area contributed by atoms with Gasteiger partial charge < -0.3 is 20.8 Å². The van der Waals surface area contributed by atoms with Crippen LogP contribution in [-0.4, -0.2) is 46.7 Å². The molecule has 1 aromatic rings. The molecule has 0 aliphatic carbocycles. The number of aliphatic carboxylic acids is 1. The minimum Gasteiger partial charge on any atom is -0.480 e. The van der Waals surface area contributed by atoms with E-state index in [0.717, 1.165) is 0 Å². The zero-order valence-corrected chi connectivity index (χ0v) is 11.9. The summed E-state index contributed by atoms with van der Waals surface area (Å²) in [6, 6.07) is 4.72. The first kappa shape index (κ1) is 16.9. The molecule has 114 valence electrons. The van der Waals surface area contributed by atoms with E-state index in [1.54, 1.807) is 12.1 Å². The third kappa shape index (κ3) is 5.41. The number of nitrogens with one attached hydrogen (secondary N) is 2. The Bertz CT molecular complexity index is 547. The van der Waals surface area contributed by atoms with E-state index in [0.29, 0.717) is 5.02 Å². The Morgan fingerprint density at radius 3 is 2.52 bits per heavy atom. The summed E-state index contributed by atoms with van der Waals surface area (Å²) in [5, 5.41) is 22.8. The first-order valence-corrected chi connectivity index (χ1v) is 6.43. The quantitative estimate of drug-likeness (QED) is 0.591. The lowest BCUT2D eigenvalue weighted by Gasteiger charge is -2.17. The van der Waals surface area contributed by atoms with Crippen LogP contribution in [0.1, 0.15) is 17.3 Å². The van der Waals surface area contributed by atoms with Crippen LogP contribution in [-0.2, 0) is 9.59 Å². The van der Waals surface area contributed by atoms with Gasteiger partial charge in [0.2, 0.25) is 5.91 Å². The van der Waals surface area contributed by atoms with Gasteiger partial charge in [-0.15, -0.1) is 0 Å². The second-order valence-electron chi connectivity index (χ2n) is 4.32. The SMILES string of the molecule is CC(O)C(NC(=O)CNC(=O)c1cccc(Cl)c1)C(=O)O. The van der Waals surface area contributed by atoms with Crippen LogP contribution in [0.3, 0.4) is 0 Å². The van der Waals surface area contributed by atoms with E-state index in [-0.39, 0.29) is 5.56 Å². The van der Waals surface area contributed by atoms with E-state index in [4.69, 9.17) is 16.7 Å². The van der Waals surface area contributed by atoms with Gasteiger partial charge in [0.25, 0.3) is 5.91 Å². The summed E-state index contributed by atoms with van der Waals surface area (Å²) in [5.74, 6) is -2.60. The van der Waals surface area contributed by atoms with E-state index in [1.165, 1.54) is 19.1 Å².